The second kappa shape index (κ2) is 6.91. The number of esters is 1. The molecular formula is C22H24N2O3. The van der Waals surface area contributed by atoms with Crippen molar-refractivity contribution in [3.63, 3.8) is 0 Å². The predicted octanol–water partition coefficient (Wildman–Crippen LogP) is 4.51. The van der Waals surface area contributed by atoms with E-state index in [2.05, 4.69) is 47.7 Å². The topological polar surface area (TPSA) is 63.8 Å². The van der Waals surface area contributed by atoms with Crippen molar-refractivity contribution in [2.24, 2.45) is 4.99 Å². The molecule has 0 bridgehead atoms. The quantitative estimate of drug-likeness (QED) is 0.815. The molecule has 0 spiro atoms. The first kappa shape index (κ1) is 18.7. The van der Waals surface area contributed by atoms with E-state index in [1.807, 2.05) is 13.8 Å². The average Bonchev–Trinajstić information content (AvgIpc) is 3.04. The van der Waals surface area contributed by atoms with Crippen LogP contribution in [0.3, 0.4) is 0 Å². The van der Waals surface area contributed by atoms with Gasteiger partial charge < -0.3 is 14.4 Å². The van der Waals surface area contributed by atoms with Crippen LogP contribution in [0.2, 0.25) is 0 Å². The Morgan fingerprint density at radius 2 is 1.85 bits per heavy atom. The number of hydrogen-bond donors (Lipinski definition) is 1. The number of methoxy groups -OCH3 is 1. The molecule has 5 nitrogen and oxygen atoms in total. The molecule has 3 rings (SSSR count). The van der Waals surface area contributed by atoms with Gasteiger partial charge in [0.2, 0.25) is 0 Å². The van der Waals surface area contributed by atoms with Crippen LogP contribution in [0.5, 0.6) is 0 Å². The number of hydrogen-bond acceptors (Lipinski definition) is 4. The van der Waals surface area contributed by atoms with Gasteiger partial charge in [0.05, 0.1) is 12.8 Å². The summed E-state index contributed by atoms with van der Waals surface area (Å²) >= 11 is 0. The molecule has 1 aromatic heterocycles. The average molecular weight is 364 g/mol. The number of carbonyl (C=O) groups is 1. The molecule has 0 radical (unpaired) electrons. The number of benzene rings is 1. The molecule has 5 heteroatoms. The summed E-state index contributed by atoms with van der Waals surface area (Å²) in [6.45, 7) is 9.94. The first-order valence-electron chi connectivity index (χ1n) is 8.80. The molecule has 2 heterocycles. The molecule has 140 valence electrons. The van der Waals surface area contributed by atoms with Crippen LogP contribution in [-0.4, -0.2) is 28.5 Å². The highest BCUT2D eigenvalue weighted by Gasteiger charge is 2.27. The van der Waals surface area contributed by atoms with Crippen LogP contribution in [-0.2, 0) is 9.53 Å². The van der Waals surface area contributed by atoms with E-state index >= 15 is 0 Å². The number of ether oxygens (including phenoxy) is 1. The molecule has 0 fully saturated rings. The van der Waals surface area contributed by atoms with Crippen molar-refractivity contribution in [1.82, 2.24) is 4.57 Å². The number of carbonyl (C=O) groups excluding carboxylic acids is 1. The van der Waals surface area contributed by atoms with E-state index in [1.54, 1.807) is 13.0 Å². The number of aromatic nitrogens is 1. The van der Waals surface area contributed by atoms with Crippen LogP contribution in [0.4, 0.5) is 0 Å². The van der Waals surface area contributed by atoms with Crippen molar-refractivity contribution in [2.75, 3.05) is 7.11 Å². The van der Waals surface area contributed by atoms with E-state index in [0.29, 0.717) is 11.4 Å². The van der Waals surface area contributed by atoms with E-state index in [1.165, 1.54) is 18.2 Å². The molecule has 1 aliphatic heterocycles. The Labute approximate surface area is 159 Å². The summed E-state index contributed by atoms with van der Waals surface area (Å²) in [5.41, 5.74) is 7.55. The van der Waals surface area contributed by atoms with Gasteiger partial charge in [-0.25, -0.2) is 9.79 Å². The molecule has 0 amide bonds. The van der Waals surface area contributed by atoms with Gasteiger partial charge in [0, 0.05) is 17.1 Å². The molecule has 0 atom stereocenters. The lowest BCUT2D eigenvalue weighted by atomic mass is 10.1. The highest BCUT2D eigenvalue weighted by molar-refractivity contribution is 6.22. The molecule has 0 saturated carbocycles. The highest BCUT2D eigenvalue weighted by atomic mass is 16.5. The van der Waals surface area contributed by atoms with Crippen molar-refractivity contribution in [3.8, 4) is 5.69 Å². The molecule has 0 aliphatic carbocycles. The second-order valence-corrected chi connectivity index (χ2v) is 6.89. The summed E-state index contributed by atoms with van der Waals surface area (Å²) in [4.78, 5) is 16.2. The van der Waals surface area contributed by atoms with Crippen LogP contribution in [0.15, 0.2) is 46.3 Å². The van der Waals surface area contributed by atoms with Crippen LogP contribution >= 0.6 is 0 Å². The van der Waals surface area contributed by atoms with Crippen molar-refractivity contribution >= 4 is 17.8 Å². The number of aliphatic hydroxyl groups excluding tert-OH is 1. The van der Waals surface area contributed by atoms with Gasteiger partial charge in [-0.05, 0) is 64.0 Å². The van der Waals surface area contributed by atoms with Gasteiger partial charge in [0.15, 0.2) is 5.76 Å². The summed E-state index contributed by atoms with van der Waals surface area (Å²) in [7, 11) is 1.29. The number of aliphatic imine (C=N–C) groups is 1. The lowest BCUT2D eigenvalue weighted by Crippen LogP contribution is -2.11. The second-order valence-electron chi connectivity index (χ2n) is 6.89. The Kier molecular flexibility index (Phi) is 4.79. The molecule has 27 heavy (non-hydrogen) atoms. The minimum atomic E-state index is -0.585. The molecule has 2 aromatic rings. The largest absolute Gasteiger partial charge is 0.505 e. The molecule has 0 saturated heterocycles. The maximum absolute atomic E-state index is 11.9. The van der Waals surface area contributed by atoms with Crippen molar-refractivity contribution < 1.29 is 14.6 Å². The van der Waals surface area contributed by atoms with Crippen molar-refractivity contribution in [1.29, 1.82) is 0 Å². The van der Waals surface area contributed by atoms with Gasteiger partial charge in [0.1, 0.15) is 11.3 Å². The lowest BCUT2D eigenvalue weighted by Gasteiger charge is -2.13. The lowest BCUT2D eigenvalue weighted by molar-refractivity contribution is -0.135. The third kappa shape index (κ3) is 3.21. The number of aliphatic hydroxyl groups is 1. The van der Waals surface area contributed by atoms with Crippen LogP contribution < -0.4 is 0 Å². The Bertz CT molecular complexity index is 1040. The van der Waals surface area contributed by atoms with E-state index in [4.69, 9.17) is 4.74 Å². The molecule has 1 aromatic carbocycles. The van der Waals surface area contributed by atoms with Crippen molar-refractivity contribution in [2.45, 2.75) is 34.6 Å². The monoisotopic (exact) mass is 364 g/mol. The van der Waals surface area contributed by atoms with Gasteiger partial charge in [-0.1, -0.05) is 17.7 Å². The van der Waals surface area contributed by atoms with Crippen LogP contribution in [0.1, 0.15) is 35.0 Å². The van der Waals surface area contributed by atoms with E-state index < -0.39 is 5.97 Å². The number of rotatable bonds is 3. The minimum absolute atomic E-state index is 0.118. The Morgan fingerprint density at radius 1 is 1.15 bits per heavy atom. The summed E-state index contributed by atoms with van der Waals surface area (Å²) in [6.07, 6.45) is 1.80. The molecule has 1 aliphatic rings. The fourth-order valence-corrected chi connectivity index (χ4v) is 3.54. The van der Waals surface area contributed by atoms with Gasteiger partial charge >= 0.3 is 5.97 Å². The standard InChI is InChI=1S/C22H24N2O3/c1-12-7-8-19(13(2)9-12)24-14(3)10-17(16(24)5)11-18-21(25)20(15(4)23-18)22(26)27-6/h7-11,25H,1-6H3. The third-order valence-electron chi connectivity index (χ3n) is 4.87. The maximum atomic E-state index is 11.9. The highest BCUT2D eigenvalue weighted by Crippen LogP contribution is 2.30. The van der Waals surface area contributed by atoms with Crippen LogP contribution in [0.25, 0.3) is 11.8 Å². The zero-order valence-electron chi connectivity index (χ0n) is 16.5. The fourth-order valence-electron chi connectivity index (χ4n) is 3.54. The number of nitrogens with zero attached hydrogens (tertiary/aromatic N) is 2. The number of aryl methyl sites for hydroxylation is 3. The van der Waals surface area contributed by atoms with E-state index in [9.17, 15) is 9.90 Å². The maximum Gasteiger partial charge on any atom is 0.343 e. The zero-order chi connectivity index (χ0) is 19.9. The third-order valence-corrected chi connectivity index (χ3v) is 4.87. The zero-order valence-corrected chi connectivity index (χ0v) is 16.5. The van der Waals surface area contributed by atoms with Gasteiger partial charge in [-0.3, -0.25) is 0 Å². The van der Waals surface area contributed by atoms with E-state index in [-0.39, 0.29) is 11.3 Å². The van der Waals surface area contributed by atoms with E-state index in [0.717, 1.165) is 22.6 Å². The summed E-state index contributed by atoms with van der Waals surface area (Å²) < 4.78 is 6.92. The Balaban J connectivity index is 2.10. The molecular weight excluding hydrogens is 340 g/mol. The normalized spacial score (nSPS) is 15.5. The molecule has 1 N–H and O–H groups in total. The van der Waals surface area contributed by atoms with Crippen LogP contribution in [0, 0.1) is 27.7 Å². The summed E-state index contributed by atoms with van der Waals surface area (Å²) in [5.74, 6) is -0.728. The smallest absolute Gasteiger partial charge is 0.343 e. The fraction of sp³-hybridized carbons (Fsp3) is 0.273. The van der Waals surface area contributed by atoms with Gasteiger partial charge in [0.25, 0.3) is 0 Å². The summed E-state index contributed by atoms with van der Waals surface area (Å²) in [6, 6.07) is 8.43. The van der Waals surface area contributed by atoms with Gasteiger partial charge in [-0.2, -0.15) is 0 Å². The van der Waals surface area contributed by atoms with Crippen molar-refractivity contribution in [3.05, 3.63) is 69.4 Å². The SMILES string of the molecule is COC(=O)C1=C(O)C(=Cc2cc(C)n(-c3ccc(C)cc3C)c2C)N=C1C. The predicted molar refractivity (Wildman–Crippen MR) is 107 cm³/mol. The molecule has 0 unspecified atom stereocenters. The summed E-state index contributed by atoms with van der Waals surface area (Å²) in [5, 5.41) is 10.4. The van der Waals surface area contributed by atoms with Gasteiger partial charge in [-0.15, -0.1) is 0 Å². The first-order valence-corrected chi connectivity index (χ1v) is 8.80. The minimum Gasteiger partial charge on any atom is -0.505 e. The first-order chi connectivity index (χ1) is 12.7. The Morgan fingerprint density at radius 3 is 2.48 bits per heavy atom. The Hall–Kier alpha value is -3.08.